The molecule has 0 aliphatic carbocycles. The second-order valence-corrected chi connectivity index (χ2v) is 2.89. The molecule has 0 saturated carbocycles. The molecule has 0 aromatic rings. The van der Waals surface area contributed by atoms with Crippen LogP contribution >= 0.6 is 10.9 Å². The highest BCUT2D eigenvalue weighted by atomic mass is 32.1. The Hall–Kier alpha value is -0.120. The van der Waals surface area contributed by atoms with Crippen LogP contribution in [0.1, 0.15) is 13.8 Å². The first-order chi connectivity index (χ1) is 3.29. The van der Waals surface area contributed by atoms with Crippen molar-refractivity contribution in [2.75, 3.05) is 0 Å². The minimum absolute atomic E-state index is 1.22. The molecule has 0 fully saturated rings. The molecular weight excluding hydrogens is 108 g/mol. The number of rotatable bonds is 0. The fraction of sp³-hybridized carbons (Fsp3) is 0.500. The van der Waals surface area contributed by atoms with Crippen molar-refractivity contribution < 1.29 is 0 Å². The summed E-state index contributed by atoms with van der Waals surface area (Å²) in [6, 6.07) is 0. The van der Waals surface area contributed by atoms with Crippen LogP contribution in [0.4, 0.5) is 0 Å². The van der Waals surface area contributed by atoms with Crippen molar-refractivity contribution >= 4 is 20.9 Å². The van der Waals surface area contributed by atoms with E-state index < -0.39 is 0 Å². The Labute approximate surface area is 46.4 Å². The third-order valence-corrected chi connectivity index (χ3v) is 1.54. The van der Waals surface area contributed by atoms with E-state index >= 15 is 0 Å². The van der Waals surface area contributed by atoms with Crippen LogP contribution in [0.5, 0.6) is 0 Å². The lowest BCUT2D eigenvalue weighted by Gasteiger charge is -1.91. The van der Waals surface area contributed by atoms with Crippen molar-refractivity contribution in [3.05, 3.63) is 0 Å². The van der Waals surface area contributed by atoms with Gasteiger partial charge in [0.1, 0.15) is 0 Å². The summed E-state index contributed by atoms with van der Waals surface area (Å²) >= 11 is 0. The highest BCUT2D eigenvalue weighted by Gasteiger charge is 1.93. The van der Waals surface area contributed by atoms with Crippen LogP contribution in [0.25, 0.3) is 0 Å². The first kappa shape index (κ1) is 5.03. The van der Waals surface area contributed by atoms with Crippen LogP contribution in [0.3, 0.4) is 0 Å². The quantitative estimate of drug-likeness (QED) is 0.439. The summed E-state index contributed by atoms with van der Waals surface area (Å²) in [7, 11) is 1.73. The van der Waals surface area contributed by atoms with Crippen molar-refractivity contribution in [2.45, 2.75) is 13.8 Å². The molecule has 40 valence electrons. The van der Waals surface area contributed by atoms with Crippen LogP contribution in [0.2, 0.25) is 0 Å². The molecule has 2 nitrogen and oxygen atoms in total. The molecule has 0 radical (unpaired) electrons. The van der Waals surface area contributed by atoms with E-state index in [1.807, 2.05) is 13.8 Å². The SMILES string of the molecule is CC1=S=C(C)NN1. The molecule has 1 heterocycles. The molecule has 7 heavy (non-hydrogen) atoms. The van der Waals surface area contributed by atoms with Gasteiger partial charge < -0.3 is 0 Å². The van der Waals surface area contributed by atoms with E-state index in [9.17, 15) is 0 Å². The molecule has 0 atom stereocenters. The fourth-order valence-corrected chi connectivity index (χ4v) is 1.12. The lowest BCUT2D eigenvalue weighted by Crippen LogP contribution is -2.32. The van der Waals surface area contributed by atoms with Crippen molar-refractivity contribution in [2.24, 2.45) is 0 Å². The van der Waals surface area contributed by atoms with Gasteiger partial charge in [-0.25, -0.2) is 10.9 Å². The highest BCUT2D eigenvalue weighted by molar-refractivity contribution is 7.98. The van der Waals surface area contributed by atoms with Crippen LogP contribution in [0, 0.1) is 0 Å². The Morgan fingerprint density at radius 1 is 1.14 bits per heavy atom. The molecule has 1 aliphatic rings. The summed E-state index contributed by atoms with van der Waals surface area (Å²) in [6.45, 7) is 4.07. The molecule has 0 aromatic carbocycles. The zero-order chi connectivity index (χ0) is 5.28. The van der Waals surface area contributed by atoms with Gasteiger partial charge >= 0.3 is 0 Å². The molecule has 0 unspecified atom stereocenters. The number of nitrogens with one attached hydrogen (secondary N) is 2. The topological polar surface area (TPSA) is 24.1 Å². The van der Waals surface area contributed by atoms with Gasteiger partial charge in [-0.1, -0.05) is 0 Å². The van der Waals surface area contributed by atoms with Crippen molar-refractivity contribution in [3.8, 4) is 0 Å². The average Bonchev–Trinajstić information content (AvgIpc) is 1.87. The molecule has 1 aliphatic heterocycles. The molecule has 2 N–H and O–H groups in total. The second kappa shape index (κ2) is 1.78. The molecule has 1 rings (SSSR count). The summed E-state index contributed by atoms with van der Waals surface area (Å²) in [5, 5.41) is 0. The van der Waals surface area contributed by atoms with Crippen molar-refractivity contribution in [1.82, 2.24) is 10.9 Å². The summed E-state index contributed by atoms with van der Waals surface area (Å²) in [4.78, 5) is 2.44. The van der Waals surface area contributed by atoms with Gasteiger partial charge in [0.05, 0.1) is 9.98 Å². The average molecular weight is 116 g/mol. The van der Waals surface area contributed by atoms with Gasteiger partial charge in [0, 0.05) is 0 Å². The van der Waals surface area contributed by atoms with Gasteiger partial charge in [-0.05, 0) is 13.8 Å². The maximum Gasteiger partial charge on any atom is 0.0570 e. The number of hydrogen-bond acceptors (Lipinski definition) is 2. The van der Waals surface area contributed by atoms with Crippen LogP contribution in [0.15, 0.2) is 0 Å². The smallest absolute Gasteiger partial charge is 0.0570 e. The Balaban J connectivity index is 2.81. The standard InChI is InChI=1S/C4H8N2S/c1-3-5-6-4(2)7-3/h5-6H,1-2H3. The van der Waals surface area contributed by atoms with Gasteiger partial charge in [0.2, 0.25) is 0 Å². The molecule has 0 aromatic heterocycles. The third-order valence-electron chi connectivity index (χ3n) is 0.721. The highest BCUT2D eigenvalue weighted by Crippen LogP contribution is 1.83. The summed E-state index contributed by atoms with van der Waals surface area (Å²) in [5.74, 6) is 0. The predicted molar refractivity (Wildman–Crippen MR) is 35.2 cm³/mol. The van der Waals surface area contributed by atoms with Crippen molar-refractivity contribution in [1.29, 1.82) is 0 Å². The lowest BCUT2D eigenvalue weighted by molar-refractivity contribution is 0.888. The lowest BCUT2D eigenvalue weighted by atomic mass is 10.8. The first-order valence-electron chi connectivity index (χ1n) is 2.16. The summed E-state index contributed by atoms with van der Waals surface area (Å²) in [6.07, 6.45) is 0. The molecule has 0 amide bonds. The molecule has 3 heteroatoms. The second-order valence-electron chi connectivity index (χ2n) is 1.46. The monoisotopic (exact) mass is 116 g/mol. The van der Waals surface area contributed by atoms with Crippen LogP contribution < -0.4 is 10.9 Å². The van der Waals surface area contributed by atoms with Crippen LogP contribution in [-0.2, 0) is 0 Å². The van der Waals surface area contributed by atoms with Crippen molar-refractivity contribution in [3.63, 3.8) is 0 Å². The molecule has 0 saturated heterocycles. The van der Waals surface area contributed by atoms with E-state index in [1.54, 1.807) is 10.9 Å². The normalized spacial score (nSPS) is 20.3. The first-order valence-corrected chi connectivity index (χ1v) is 2.97. The zero-order valence-corrected chi connectivity index (χ0v) is 5.22. The summed E-state index contributed by atoms with van der Waals surface area (Å²) < 4.78 is 0. The number of hydrazine groups is 1. The summed E-state index contributed by atoms with van der Waals surface area (Å²) in [5.41, 5.74) is 5.92. The third kappa shape index (κ3) is 1.12. The van der Waals surface area contributed by atoms with Gasteiger partial charge in [0.25, 0.3) is 0 Å². The molecule has 0 bridgehead atoms. The van der Waals surface area contributed by atoms with Gasteiger partial charge in [0.15, 0.2) is 0 Å². The van der Waals surface area contributed by atoms with E-state index in [1.165, 1.54) is 9.98 Å². The minimum Gasteiger partial charge on any atom is -0.217 e. The largest absolute Gasteiger partial charge is 0.217 e. The molecule has 0 spiro atoms. The Bertz CT molecular complexity index is 130. The van der Waals surface area contributed by atoms with E-state index in [0.29, 0.717) is 0 Å². The maximum absolute atomic E-state index is 2.96. The van der Waals surface area contributed by atoms with E-state index in [0.717, 1.165) is 0 Å². The van der Waals surface area contributed by atoms with Crippen LogP contribution in [-0.4, -0.2) is 9.98 Å². The zero-order valence-electron chi connectivity index (χ0n) is 4.41. The Morgan fingerprint density at radius 2 is 1.57 bits per heavy atom. The fourth-order valence-electron chi connectivity index (χ4n) is 0.457. The predicted octanol–water partition coefficient (Wildman–Crippen LogP) is 0.127. The minimum atomic E-state index is 1.22. The van der Waals surface area contributed by atoms with Gasteiger partial charge in [-0.2, -0.15) is 0 Å². The van der Waals surface area contributed by atoms with Gasteiger partial charge in [-0.15, -0.1) is 10.9 Å². The van der Waals surface area contributed by atoms with E-state index in [4.69, 9.17) is 0 Å². The van der Waals surface area contributed by atoms with E-state index in [-0.39, 0.29) is 0 Å². The number of hydrogen-bond donors (Lipinski definition) is 2. The Kier molecular flexibility index (Phi) is 1.27. The van der Waals surface area contributed by atoms with E-state index in [2.05, 4.69) is 10.9 Å². The Morgan fingerprint density at radius 3 is 1.71 bits per heavy atom. The van der Waals surface area contributed by atoms with Gasteiger partial charge in [-0.3, -0.25) is 0 Å². The maximum atomic E-state index is 2.96. The molecular formula is C4H8N2S.